The van der Waals surface area contributed by atoms with Crippen LogP contribution < -0.4 is 0 Å². The van der Waals surface area contributed by atoms with Crippen molar-refractivity contribution in [3.8, 4) is 0 Å². The van der Waals surface area contributed by atoms with Gasteiger partial charge in [-0.3, -0.25) is 4.79 Å². The van der Waals surface area contributed by atoms with Crippen molar-refractivity contribution in [1.82, 2.24) is 8.61 Å². The lowest BCUT2D eigenvalue weighted by atomic mass is 9.85. The molecule has 0 bridgehead atoms. The molecule has 0 aromatic heterocycles. The summed E-state index contributed by atoms with van der Waals surface area (Å²) in [6.07, 6.45) is 4.21. The smallest absolute Gasteiger partial charge is 0.324 e. The average molecular weight is 360 g/mol. The summed E-state index contributed by atoms with van der Waals surface area (Å²) in [5.74, 6) is -0.184. The average Bonchev–Trinajstić information content (AvgIpc) is 2.93. The Labute approximate surface area is 144 Å². The van der Waals surface area contributed by atoms with E-state index in [-0.39, 0.29) is 24.2 Å². The molecule has 3 aliphatic rings. The normalized spacial score (nSPS) is 38.7. The molecule has 0 unspecified atom stereocenters. The lowest BCUT2D eigenvalue weighted by Gasteiger charge is -2.40. The number of ether oxygens (including phenoxy) is 2. The van der Waals surface area contributed by atoms with Crippen molar-refractivity contribution in [2.75, 3.05) is 20.2 Å². The van der Waals surface area contributed by atoms with Crippen molar-refractivity contribution in [2.24, 2.45) is 5.92 Å². The van der Waals surface area contributed by atoms with E-state index in [2.05, 4.69) is 0 Å². The highest BCUT2D eigenvalue weighted by molar-refractivity contribution is 7.86. The van der Waals surface area contributed by atoms with Crippen LogP contribution in [0.5, 0.6) is 0 Å². The third-order valence-electron chi connectivity index (χ3n) is 5.48. The van der Waals surface area contributed by atoms with Crippen molar-refractivity contribution in [1.29, 1.82) is 0 Å². The van der Waals surface area contributed by atoms with E-state index in [1.807, 2.05) is 13.8 Å². The van der Waals surface area contributed by atoms with Crippen molar-refractivity contribution < 1.29 is 22.7 Å². The highest BCUT2D eigenvalue weighted by Crippen LogP contribution is 2.42. The zero-order chi connectivity index (χ0) is 17.5. The summed E-state index contributed by atoms with van der Waals surface area (Å²) in [5.41, 5.74) is 0. The van der Waals surface area contributed by atoms with Crippen LogP contribution in [0.1, 0.15) is 46.0 Å². The first-order valence-corrected chi connectivity index (χ1v) is 10.3. The first-order valence-electron chi connectivity index (χ1n) is 8.86. The van der Waals surface area contributed by atoms with Crippen LogP contribution in [0.15, 0.2) is 0 Å². The molecule has 2 saturated heterocycles. The van der Waals surface area contributed by atoms with Gasteiger partial charge in [0.2, 0.25) is 0 Å². The quantitative estimate of drug-likeness (QED) is 0.706. The van der Waals surface area contributed by atoms with E-state index in [0.29, 0.717) is 19.5 Å². The van der Waals surface area contributed by atoms with Gasteiger partial charge >= 0.3 is 5.97 Å². The van der Waals surface area contributed by atoms with Crippen LogP contribution >= 0.6 is 0 Å². The minimum absolute atomic E-state index is 0.0821. The van der Waals surface area contributed by atoms with Crippen LogP contribution in [0.3, 0.4) is 0 Å². The fourth-order valence-corrected chi connectivity index (χ4v) is 6.72. The molecule has 138 valence electrons. The van der Waals surface area contributed by atoms with Crippen molar-refractivity contribution in [3.63, 3.8) is 0 Å². The van der Waals surface area contributed by atoms with Gasteiger partial charge in [0.05, 0.1) is 19.3 Å². The maximum atomic E-state index is 13.4. The summed E-state index contributed by atoms with van der Waals surface area (Å²) in [6.45, 7) is 4.41. The first-order chi connectivity index (χ1) is 11.3. The Morgan fingerprint density at radius 2 is 1.75 bits per heavy atom. The van der Waals surface area contributed by atoms with Gasteiger partial charge in [0, 0.05) is 19.1 Å². The summed E-state index contributed by atoms with van der Waals surface area (Å²) in [5, 5.41) is 0. The molecule has 8 heteroatoms. The summed E-state index contributed by atoms with van der Waals surface area (Å²) in [7, 11) is -2.39. The van der Waals surface area contributed by atoms with Crippen LogP contribution in [0.25, 0.3) is 0 Å². The fourth-order valence-electron chi connectivity index (χ4n) is 4.54. The maximum absolute atomic E-state index is 13.4. The third-order valence-corrected chi connectivity index (χ3v) is 7.49. The zero-order valence-corrected chi connectivity index (χ0v) is 15.5. The molecule has 1 saturated carbocycles. The molecule has 7 nitrogen and oxygen atoms in total. The predicted octanol–water partition coefficient (Wildman–Crippen LogP) is 1.15. The number of nitrogens with zero attached hydrogens (tertiary/aromatic N) is 2. The van der Waals surface area contributed by atoms with Gasteiger partial charge in [0.15, 0.2) is 0 Å². The van der Waals surface area contributed by atoms with Gasteiger partial charge in [-0.25, -0.2) is 0 Å². The standard InChI is InChI=1S/C16H28N2O5S/c1-11-9-17(10-12(2)23-11)24(20,21)18-14-7-5-4-6-13(14)8-15(18)16(19)22-3/h11-15H,4-10H2,1-3H3/t11-,12-,13-,14-,15-/m0/s1. The van der Waals surface area contributed by atoms with Gasteiger partial charge in [-0.2, -0.15) is 17.0 Å². The maximum Gasteiger partial charge on any atom is 0.324 e. The second-order valence-corrected chi connectivity index (χ2v) is 9.13. The number of fused-ring (bicyclic) bond motifs is 1. The minimum atomic E-state index is -3.72. The minimum Gasteiger partial charge on any atom is -0.468 e. The molecule has 0 radical (unpaired) electrons. The molecule has 3 fully saturated rings. The Bertz CT molecular complexity index is 571. The zero-order valence-electron chi connectivity index (χ0n) is 14.7. The molecule has 3 rings (SSSR count). The Morgan fingerprint density at radius 1 is 1.12 bits per heavy atom. The second kappa shape index (κ2) is 6.90. The van der Waals surface area contributed by atoms with Crippen LogP contribution in [-0.2, 0) is 24.5 Å². The summed E-state index contributed by atoms with van der Waals surface area (Å²) < 4.78 is 40.2. The van der Waals surface area contributed by atoms with Gasteiger partial charge in [-0.15, -0.1) is 0 Å². The van der Waals surface area contributed by atoms with Gasteiger partial charge in [0.1, 0.15) is 6.04 Å². The third kappa shape index (κ3) is 3.21. The van der Waals surface area contributed by atoms with E-state index in [4.69, 9.17) is 9.47 Å². The predicted molar refractivity (Wildman–Crippen MR) is 88.5 cm³/mol. The highest BCUT2D eigenvalue weighted by Gasteiger charge is 2.53. The molecule has 0 N–H and O–H groups in total. The first kappa shape index (κ1) is 18.1. The topological polar surface area (TPSA) is 76.2 Å². The van der Waals surface area contributed by atoms with E-state index < -0.39 is 22.2 Å². The lowest BCUT2D eigenvalue weighted by Crippen LogP contribution is -2.57. The van der Waals surface area contributed by atoms with Gasteiger partial charge in [-0.1, -0.05) is 12.8 Å². The number of rotatable bonds is 3. The molecule has 2 heterocycles. The Hall–Kier alpha value is -0.700. The van der Waals surface area contributed by atoms with Crippen LogP contribution in [0.2, 0.25) is 0 Å². The molecule has 5 atom stereocenters. The van der Waals surface area contributed by atoms with Crippen LogP contribution in [0.4, 0.5) is 0 Å². The molecule has 2 aliphatic heterocycles. The van der Waals surface area contributed by atoms with Gasteiger partial charge in [0.25, 0.3) is 10.2 Å². The fraction of sp³-hybridized carbons (Fsp3) is 0.938. The summed E-state index contributed by atoms with van der Waals surface area (Å²) in [4.78, 5) is 12.3. The SMILES string of the molecule is COC(=O)[C@@H]1C[C@@H]2CCCC[C@@H]2N1S(=O)(=O)N1C[C@H](C)O[C@@H](C)C1. The van der Waals surface area contributed by atoms with Crippen molar-refractivity contribution in [2.45, 2.75) is 70.2 Å². The number of esters is 1. The van der Waals surface area contributed by atoms with Crippen molar-refractivity contribution in [3.05, 3.63) is 0 Å². The largest absolute Gasteiger partial charge is 0.468 e. The van der Waals surface area contributed by atoms with E-state index in [1.165, 1.54) is 15.7 Å². The number of morpholine rings is 1. The lowest BCUT2D eigenvalue weighted by molar-refractivity contribution is -0.144. The van der Waals surface area contributed by atoms with E-state index in [1.54, 1.807) is 0 Å². The highest BCUT2D eigenvalue weighted by atomic mass is 32.2. The number of carbonyl (C=O) groups excluding carboxylic acids is 1. The van der Waals surface area contributed by atoms with Gasteiger partial charge < -0.3 is 9.47 Å². The van der Waals surface area contributed by atoms with Crippen LogP contribution in [-0.4, -0.2) is 67.5 Å². The molecule has 0 aromatic rings. The second-order valence-electron chi connectivity index (χ2n) is 7.30. The Kier molecular flexibility index (Phi) is 5.20. The van der Waals surface area contributed by atoms with E-state index >= 15 is 0 Å². The molecule has 1 aliphatic carbocycles. The Balaban J connectivity index is 1.91. The van der Waals surface area contributed by atoms with E-state index in [0.717, 1.165) is 25.7 Å². The molecule has 0 aromatic carbocycles. The number of hydrogen-bond acceptors (Lipinski definition) is 5. The molecular formula is C16H28N2O5S. The number of hydrogen-bond donors (Lipinski definition) is 0. The van der Waals surface area contributed by atoms with Gasteiger partial charge in [-0.05, 0) is 39.0 Å². The molecule has 0 spiro atoms. The molecule has 0 amide bonds. The summed E-state index contributed by atoms with van der Waals surface area (Å²) >= 11 is 0. The number of carbonyl (C=O) groups is 1. The molecule has 24 heavy (non-hydrogen) atoms. The number of methoxy groups -OCH3 is 1. The van der Waals surface area contributed by atoms with E-state index in [9.17, 15) is 13.2 Å². The van der Waals surface area contributed by atoms with Crippen molar-refractivity contribution >= 4 is 16.2 Å². The summed E-state index contributed by atoms with van der Waals surface area (Å²) in [6, 6.07) is -0.775. The Morgan fingerprint density at radius 3 is 2.38 bits per heavy atom. The van der Waals surface area contributed by atoms with Crippen LogP contribution in [0, 0.1) is 5.92 Å². The monoisotopic (exact) mass is 360 g/mol. The molecular weight excluding hydrogens is 332 g/mol.